The quantitative estimate of drug-likeness (QED) is 0.156. The smallest absolute Gasteiger partial charge is 0.313 e. The Morgan fingerprint density at radius 3 is 2.00 bits per heavy atom. The number of carbonyl (C=O) groups excluding carboxylic acids is 1. The van der Waals surface area contributed by atoms with Crippen molar-refractivity contribution in [1.29, 1.82) is 0 Å². The number of aryl methyl sites for hydroxylation is 2. The first-order chi connectivity index (χ1) is 20.5. The number of rotatable bonds is 12. The van der Waals surface area contributed by atoms with Crippen molar-refractivity contribution in [1.82, 2.24) is 5.16 Å². The third kappa shape index (κ3) is 7.04. The lowest BCUT2D eigenvalue weighted by Crippen LogP contribution is -2.18. The van der Waals surface area contributed by atoms with Gasteiger partial charge in [0, 0.05) is 5.56 Å². The molecule has 0 aliphatic carbocycles. The van der Waals surface area contributed by atoms with Gasteiger partial charge in [0.25, 0.3) is 0 Å². The molecule has 1 N–H and O–H groups in total. The maximum Gasteiger partial charge on any atom is 0.313 e. The number of hydrogen-bond acceptors (Lipinski definition) is 5. The Morgan fingerprint density at radius 1 is 0.810 bits per heavy atom. The second-order valence-corrected chi connectivity index (χ2v) is 10.6. The highest BCUT2D eigenvalue weighted by atomic mass is 16.5. The maximum absolute atomic E-state index is 12.8. The molecule has 0 radical (unpaired) electrons. The van der Waals surface area contributed by atoms with Gasteiger partial charge in [0.2, 0.25) is 0 Å². The van der Waals surface area contributed by atoms with Crippen molar-refractivity contribution in [2.45, 2.75) is 51.6 Å². The summed E-state index contributed by atoms with van der Waals surface area (Å²) in [6, 6.07) is 36.5. The van der Waals surface area contributed by atoms with E-state index >= 15 is 0 Å². The summed E-state index contributed by atoms with van der Waals surface area (Å²) < 4.78 is 11.1. The zero-order chi connectivity index (χ0) is 29.3. The Kier molecular flexibility index (Phi) is 9.62. The van der Waals surface area contributed by atoms with Crippen molar-refractivity contribution in [3.8, 4) is 22.5 Å². The first kappa shape index (κ1) is 29.0. The lowest BCUT2D eigenvalue weighted by molar-refractivity contribution is -0.144. The van der Waals surface area contributed by atoms with Crippen LogP contribution >= 0.6 is 0 Å². The summed E-state index contributed by atoms with van der Waals surface area (Å²) >= 11 is 0. The van der Waals surface area contributed by atoms with Crippen LogP contribution in [0.1, 0.15) is 59.7 Å². The summed E-state index contributed by atoms with van der Waals surface area (Å²) in [6.45, 7) is 4.06. The van der Waals surface area contributed by atoms with Gasteiger partial charge < -0.3 is 14.4 Å². The minimum Gasteiger partial charge on any atom is -0.466 e. The van der Waals surface area contributed by atoms with Crippen molar-refractivity contribution >= 4 is 5.97 Å². The molecule has 5 rings (SSSR count). The number of aromatic nitrogens is 1. The van der Waals surface area contributed by atoms with E-state index in [9.17, 15) is 9.90 Å². The molecule has 0 bridgehead atoms. The van der Waals surface area contributed by atoms with E-state index in [0.717, 1.165) is 46.2 Å². The molecule has 0 saturated carbocycles. The molecular weight excluding hydrogens is 522 g/mol. The van der Waals surface area contributed by atoms with Gasteiger partial charge in [-0.2, -0.15) is 0 Å². The normalized spacial score (nSPS) is 12.5. The van der Waals surface area contributed by atoms with Gasteiger partial charge in [-0.25, -0.2) is 0 Å². The summed E-state index contributed by atoms with van der Waals surface area (Å²) in [6.07, 6.45) is 2.35. The highest BCUT2D eigenvalue weighted by molar-refractivity contribution is 5.79. The number of aliphatic hydroxyl groups excluding tert-OH is 1. The molecule has 2 atom stereocenters. The van der Waals surface area contributed by atoms with Crippen molar-refractivity contribution in [2.24, 2.45) is 0 Å². The SMILES string of the molecule is CCOC(=O)C(Cc1ccccc1)c1ccc(-c2ccc(-c3onc(C)c3C(O)CCCc3ccccc3)cc2)cc1. The minimum absolute atomic E-state index is 0.209. The van der Waals surface area contributed by atoms with Crippen LogP contribution in [0.15, 0.2) is 114 Å². The Hall–Kier alpha value is -4.48. The summed E-state index contributed by atoms with van der Waals surface area (Å²) in [5.74, 6) is 0.0367. The second kappa shape index (κ2) is 13.9. The van der Waals surface area contributed by atoms with Crippen molar-refractivity contribution < 1.29 is 19.2 Å². The molecule has 0 amide bonds. The van der Waals surface area contributed by atoms with E-state index in [1.165, 1.54) is 5.56 Å². The molecule has 1 heterocycles. The number of hydrogen-bond donors (Lipinski definition) is 1. The summed E-state index contributed by atoms with van der Waals surface area (Å²) in [7, 11) is 0. The number of aliphatic hydroxyl groups is 1. The number of carbonyl (C=O) groups is 1. The molecule has 4 aromatic carbocycles. The average Bonchev–Trinajstić information content (AvgIpc) is 3.42. The maximum atomic E-state index is 12.8. The topological polar surface area (TPSA) is 72.6 Å². The van der Waals surface area contributed by atoms with E-state index in [1.54, 1.807) is 0 Å². The second-order valence-electron chi connectivity index (χ2n) is 10.6. The number of esters is 1. The van der Waals surface area contributed by atoms with Crippen LogP contribution in [0.2, 0.25) is 0 Å². The van der Waals surface area contributed by atoms with Gasteiger partial charge in [-0.1, -0.05) is 114 Å². The standard InChI is InChI=1S/C37H37NO4/c1-3-41-37(40)33(25-28-13-8-5-9-14-28)31-21-17-29(18-22-31)30-19-23-32(24-20-30)36-35(26(2)38-42-36)34(39)16-10-15-27-11-6-4-7-12-27/h4-9,11-14,17-24,33-34,39H,3,10,15-16,25H2,1-2H3. The summed E-state index contributed by atoms with van der Waals surface area (Å²) in [4.78, 5) is 12.8. The van der Waals surface area contributed by atoms with Crippen molar-refractivity contribution in [2.75, 3.05) is 6.61 Å². The fourth-order valence-corrected chi connectivity index (χ4v) is 5.42. The monoisotopic (exact) mass is 559 g/mol. The molecule has 0 aliphatic rings. The molecule has 5 aromatic rings. The first-order valence-electron chi connectivity index (χ1n) is 14.6. The van der Waals surface area contributed by atoms with Crippen LogP contribution in [0.5, 0.6) is 0 Å². The van der Waals surface area contributed by atoms with E-state index in [0.29, 0.717) is 30.9 Å². The van der Waals surface area contributed by atoms with Crippen molar-refractivity contribution in [3.63, 3.8) is 0 Å². The van der Waals surface area contributed by atoms with Crippen LogP contribution in [0, 0.1) is 6.92 Å². The minimum atomic E-state index is -0.648. The Bertz CT molecular complexity index is 1560. The van der Waals surface area contributed by atoms with Crippen LogP contribution in [0.25, 0.3) is 22.5 Å². The molecule has 5 heteroatoms. The fraction of sp³-hybridized carbons (Fsp3) is 0.243. The Morgan fingerprint density at radius 2 is 1.38 bits per heavy atom. The van der Waals surface area contributed by atoms with Crippen molar-refractivity contribution in [3.05, 3.63) is 137 Å². The fourth-order valence-electron chi connectivity index (χ4n) is 5.42. The molecule has 1 aromatic heterocycles. The van der Waals surface area contributed by atoms with Gasteiger partial charge in [0.05, 0.1) is 29.9 Å². The number of nitrogens with zero attached hydrogens (tertiary/aromatic N) is 1. The molecule has 42 heavy (non-hydrogen) atoms. The zero-order valence-corrected chi connectivity index (χ0v) is 24.2. The number of benzene rings is 4. The van der Waals surface area contributed by atoms with Crippen LogP contribution in [-0.4, -0.2) is 22.8 Å². The molecule has 2 unspecified atom stereocenters. The first-order valence-corrected chi connectivity index (χ1v) is 14.6. The van der Waals surface area contributed by atoms with Gasteiger partial charge in [0.15, 0.2) is 5.76 Å². The van der Waals surface area contributed by atoms with E-state index in [1.807, 2.05) is 111 Å². The highest BCUT2D eigenvalue weighted by Gasteiger charge is 2.24. The molecule has 0 saturated heterocycles. The zero-order valence-electron chi connectivity index (χ0n) is 24.2. The average molecular weight is 560 g/mol. The van der Waals surface area contributed by atoms with E-state index in [-0.39, 0.29) is 11.9 Å². The third-order valence-electron chi connectivity index (χ3n) is 7.67. The predicted octanol–water partition coefficient (Wildman–Crippen LogP) is 8.26. The molecule has 0 spiro atoms. The molecule has 0 aliphatic heterocycles. The van der Waals surface area contributed by atoms with Crippen LogP contribution in [0.3, 0.4) is 0 Å². The van der Waals surface area contributed by atoms with E-state index in [2.05, 4.69) is 17.3 Å². The Labute approximate surface area is 247 Å². The molecule has 0 fully saturated rings. The predicted molar refractivity (Wildman–Crippen MR) is 166 cm³/mol. The van der Waals surface area contributed by atoms with Gasteiger partial charge >= 0.3 is 5.97 Å². The third-order valence-corrected chi connectivity index (χ3v) is 7.67. The largest absolute Gasteiger partial charge is 0.466 e. The van der Waals surface area contributed by atoms with Gasteiger partial charge in [0.1, 0.15) is 0 Å². The van der Waals surface area contributed by atoms with Crippen LogP contribution in [0.4, 0.5) is 0 Å². The Balaban J connectivity index is 1.29. The van der Waals surface area contributed by atoms with Crippen LogP contribution in [-0.2, 0) is 22.4 Å². The van der Waals surface area contributed by atoms with Gasteiger partial charge in [-0.15, -0.1) is 0 Å². The lowest BCUT2D eigenvalue weighted by Gasteiger charge is -2.17. The van der Waals surface area contributed by atoms with Gasteiger partial charge in [-0.05, 0) is 67.3 Å². The summed E-state index contributed by atoms with van der Waals surface area (Å²) in [5, 5.41) is 15.2. The van der Waals surface area contributed by atoms with Crippen LogP contribution < -0.4 is 0 Å². The van der Waals surface area contributed by atoms with Gasteiger partial charge in [-0.3, -0.25) is 4.79 Å². The lowest BCUT2D eigenvalue weighted by atomic mass is 9.90. The molecule has 214 valence electrons. The summed E-state index contributed by atoms with van der Waals surface area (Å²) in [5.41, 5.74) is 7.72. The van der Waals surface area contributed by atoms with E-state index in [4.69, 9.17) is 9.26 Å². The highest BCUT2D eigenvalue weighted by Crippen LogP contribution is 2.35. The van der Waals surface area contributed by atoms with E-state index < -0.39 is 6.10 Å². The molecular formula is C37H37NO4. The molecule has 5 nitrogen and oxygen atoms in total. The number of ether oxygens (including phenoxy) is 1.